The first-order valence-electron chi connectivity index (χ1n) is 6.30. The summed E-state index contributed by atoms with van der Waals surface area (Å²) in [5, 5.41) is 11.4. The lowest BCUT2D eigenvalue weighted by molar-refractivity contribution is 0.0922. The lowest BCUT2D eigenvalue weighted by atomic mass is 10.2. The number of amides is 1. The van der Waals surface area contributed by atoms with E-state index in [4.69, 9.17) is 5.11 Å². The molecular weight excluding hydrogens is 280 g/mol. The minimum atomic E-state index is -3.55. The molecule has 0 heterocycles. The van der Waals surface area contributed by atoms with Crippen LogP contribution in [0, 0.1) is 0 Å². The van der Waals surface area contributed by atoms with Crippen molar-refractivity contribution in [2.75, 3.05) is 6.61 Å². The van der Waals surface area contributed by atoms with Crippen molar-refractivity contribution in [1.29, 1.82) is 0 Å². The number of aliphatic hydroxyl groups excluding tert-OH is 1. The zero-order valence-corrected chi connectivity index (χ0v) is 12.6. The van der Waals surface area contributed by atoms with Crippen molar-refractivity contribution < 1.29 is 18.3 Å². The maximum absolute atomic E-state index is 11.9. The van der Waals surface area contributed by atoms with Crippen molar-refractivity contribution >= 4 is 15.9 Å². The molecule has 3 N–H and O–H groups in total. The van der Waals surface area contributed by atoms with E-state index in [2.05, 4.69) is 10.0 Å². The summed E-state index contributed by atoms with van der Waals surface area (Å²) in [7, 11) is -3.55. The van der Waals surface area contributed by atoms with Crippen LogP contribution in [0.4, 0.5) is 0 Å². The molecule has 0 aliphatic rings. The van der Waals surface area contributed by atoms with Crippen LogP contribution in [-0.2, 0) is 10.0 Å². The van der Waals surface area contributed by atoms with Gasteiger partial charge in [-0.25, -0.2) is 13.1 Å². The van der Waals surface area contributed by atoms with Crippen LogP contribution in [-0.4, -0.2) is 38.1 Å². The van der Waals surface area contributed by atoms with E-state index in [9.17, 15) is 13.2 Å². The summed E-state index contributed by atoms with van der Waals surface area (Å²) in [6.45, 7) is 4.98. The average Bonchev–Trinajstić information content (AvgIpc) is 2.37. The smallest absolute Gasteiger partial charge is 0.251 e. The van der Waals surface area contributed by atoms with Crippen LogP contribution in [0.1, 0.15) is 31.1 Å². The van der Waals surface area contributed by atoms with Crippen molar-refractivity contribution in [3.8, 4) is 0 Å². The van der Waals surface area contributed by atoms with E-state index >= 15 is 0 Å². The van der Waals surface area contributed by atoms with Crippen LogP contribution >= 0.6 is 0 Å². The van der Waals surface area contributed by atoms with Gasteiger partial charge in [-0.15, -0.1) is 0 Å². The third-order valence-corrected chi connectivity index (χ3v) is 4.14. The van der Waals surface area contributed by atoms with Crippen LogP contribution in [0.25, 0.3) is 0 Å². The van der Waals surface area contributed by atoms with E-state index in [1.807, 2.05) is 0 Å². The Morgan fingerprint density at radius 2 is 1.75 bits per heavy atom. The van der Waals surface area contributed by atoms with Crippen LogP contribution in [0.15, 0.2) is 29.2 Å². The van der Waals surface area contributed by atoms with Crippen molar-refractivity contribution in [3.63, 3.8) is 0 Å². The molecular formula is C13H20N2O4S. The van der Waals surface area contributed by atoms with E-state index < -0.39 is 10.0 Å². The maximum Gasteiger partial charge on any atom is 0.251 e. The predicted molar refractivity (Wildman–Crippen MR) is 75.9 cm³/mol. The maximum atomic E-state index is 11.9. The summed E-state index contributed by atoms with van der Waals surface area (Å²) in [5.74, 6) is -0.354. The Morgan fingerprint density at radius 3 is 2.20 bits per heavy atom. The van der Waals surface area contributed by atoms with Gasteiger partial charge in [0.15, 0.2) is 0 Å². The summed E-state index contributed by atoms with van der Waals surface area (Å²) in [4.78, 5) is 11.9. The number of nitrogens with one attached hydrogen (secondary N) is 2. The molecule has 1 amide bonds. The van der Waals surface area contributed by atoms with Gasteiger partial charge in [-0.1, -0.05) is 0 Å². The summed E-state index contributed by atoms with van der Waals surface area (Å²) >= 11 is 0. The Balaban J connectivity index is 2.86. The van der Waals surface area contributed by atoms with Crippen LogP contribution in [0.5, 0.6) is 0 Å². The number of hydrogen-bond donors (Lipinski definition) is 3. The topological polar surface area (TPSA) is 95.5 Å². The van der Waals surface area contributed by atoms with Gasteiger partial charge in [-0.3, -0.25) is 4.79 Å². The molecule has 0 aliphatic heterocycles. The molecule has 0 saturated heterocycles. The van der Waals surface area contributed by atoms with E-state index in [-0.39, 0.29) is 29.5 Å². The molecule has 20 heavy (non-hydrogen) atoms. The summed E-state index contributed by atoms with van der Waals surface area (Å²) in [5.41, 5.74) is 0.341. The zero-order chi connectivity index (χ0) is 15.3. The van der Waals surface area contributed by atoms with E-state index in [0.717, 1.165) is 0 Å². The molecule has 0 aliphatic carbocycles. The standard InChI is InChI=1S/C13H20N2O4S/c1-9(2)15-20(18,19)12-6-4-11(5-7-12)13(17)14-10(3)8-16/h4-7,9-10,15-16H,8H2,1-3H3,(H,14,17)/t10-/m1/s1. The fraction of sp³-hybridized carbons (Fsp3) is 0.462. The minimum Gasteiger partial charge on any atom is -0.394 e. The van der Waals surface area contributed by atoms with Crippen LogP contribution in [0.3, 0.4) is 0 Å². The minimum absolute atomic E-state index is 0.109. The Morgan fingerprint density at radius 1 is 1.20 bits per heavy atom. The second-order valence-corrected chi connectivity index (χ2v) is 6.57. The van der Waals surface area contributed by atoms with Gasteiger partial charge in [-0.05, 0) is 45.0 Å². The fourth-order valence-corrected chi connectivity index (χ4v) is 2.77. The first kappa shape index (κ1) is 16.6. The van der Waals surface area contributed by atoms with Crippen molar-refractivity contribution in [3.05, 3.63) is 29.8 Å². The van der Waals surface area contributed by atoms with Crippen LogP contribution in [0.2, 0.25) is 0 Å². The Kier molecular flexibility index (Phi) is 5.67. The zero-order valence-electron chi connectivity index (χ0n) is 11.8. The number of rotatable bonds is 6. The molecule has 0 radical (unpaired) electrons. The molecule has 0 aromatic heterocycles. The van der Waals surface area contributed by atoms with Gasteiger partial charge < -0.3 is 10.4 Å². The van der Waals surface area contributed by atoms with Crippen molar-refractivity contribution in [1.82, 2.24) is 10.0 Å². The summed E-state index contributed by atoms with van der Waals surface area (Å²) < 4.78 is 26.3. The average molecular weight is 300 g/mol. The highest BCUT2D eigenvalue weighted by Crippen LogP contribution is 2.11. The second kappa shape index (κ2) is 6.83. The molecule has 0 fully saturated rings. The highest BCUT2D eigenvalue weighted by molar-refractivity contribution is 7.89. The number of hydrogen-bond acceptors (Lipinski definition) is 4. The largest absolute Gasteiger partial charge is 0.394 e. The van der Waals surface area contributed by atoms with Crippen LogP contribution < -0.4 is 10.0 Å². The monoisotopic (exact) mass is 300 g/mol. The lowest BCUT2D eigenvalue weighted by Crippen LogP contribution is -2.35. The summed E-state index contributed by atoms with van der Waals surface area (Å²) in [6.07, 6.45) is 0. The highest BCUT2D eigenvalue weighted by atomic mass is 32.2. The SMILES string of the molecule is CC(C)NS(=O)(=O)c1ccc(C(=O)N[C@H](C)CO)cc1. The van der Waals surface area contributed by atoms with E-state index in [0.29, 0.717) is 5.56 Å². The van der Waals surface area contributed by atoms with Gasteiger partial charge in [0, 0.05) is 17.6 Å². The molecule has 0 saturated carbocycles. The third-order valence-electron chi connectivity index (χ3n) is 2.47. The molecule has 112 valence electrons. The quantitative estimate of drug-likeness (QED) is 0.712. The second-order valence-electron chi connectivity index (χ2n) is 4.86. The molecule has 6 nitrogen and oxygen atoms in total. The molecule has 0 bridgehead atoms. The Bertz CT molecular complexity index is 552. The Hall–Kier alpha value is -1.44. The first-order chi connectivity index (χ1) is 9.26. The fourth-order valence-electron chi connectivity index (χ4n) is 1.52. The number of sulfonamides is 1. The van der Waals surface area contributed by atoms with E-state index in [1.165, 1.54) is 24.3 Å². The normalized spacial score (nSPS) is 13.2. The lowest BCUT2D eigenvalue weighted by Gasteiger charge is -2.12. The van der Waals surface area contributed by atoms with Gasteiger partial charge in [0.2, 0.25) is 10.0 Å². The molecule has 1 aromatic carbocycles. The molecule has 1 rings (SSSR count). The number of carbonyl (C=O) groups is 1. The number of benzene rings is 1. The highest BCUT2D eigenvalue weighted by Gasteiger charge is 2.16. The van der Waals surface area contributed by atoms with Gasteiger partial charge in [0.25, 0.3) is 5.91 Å². The van der Waals surface area contributed by atoms with Gasteiger partial charge >= 0.3 is 0 Å². The molecule has 1 aromatic rings. The molecule has 1 atom stereocenters. The van der Waals surface area contributed by atoms with Gasteiger partial charge in [0.1, 0.15) is 0 Å². The van der Waals surface area contributed by atoms with E-state index in [1.54, 1.807) is 20.8 Å². The first-order valence-corrected chi connectivity index (χ1v) is 7.78. The van der Waals surface area contributed by atoms with Crippen molar-refractivity contribution in [2.45, 2.75) is 37.8 Å². The predicted octanol–water partition coefficient (Wildman–Crippen LogP) is 0.484. The number of aliphatic hydroxyl groups is 1. The molecule has 7 heteroatoms. The number of carbonyl (C=O) groups excluding carboxylic acids is 1. The third kappa shape index (κ3) is 4.59. The Labute approximate surface area is 119 Å². The van der Waals surface area contributed by atoms with Crippen molar-refractivity contribution in [2.24, 2.45) is 0 Å². The van der Waals surface area contributed by atoms with Gasteiger partial charge in [0.05, 0.1) is 11.5 Å². The van der Waals surface area contributed by atoms with Gasteiger partial charge in [-0.2, -0.15) is 0 Å². The molecule has 0 unspecified atom stereocenters. The summed E-state index contributed by atoms with van der Waals surface area (Å²) in [6, 6.07) is 5.08. The molecule has 0 spiro atoms.